The zero-order chi connectivity index (χ0) is 15.2. The van der Waals surface area contributed by atoms with Crippen LogP contribution in [0.1, 0.15) is 45.6 Å². The maximum Gasteiger partial charge on any atom is 0.126 e. The molecule has 0 radical (unpaired) electrons. The molecule has 0 bridgehead atoms. The van der Waals surface area contributed by atoms with Crippen molar-refractivity contribution in [2.24, 2.45) is 23.7 Å². The summed E-state index contributed by atoms with van der Waals surface area (Å²) in [5.74, 6) is 2.75. The molecule has 1 aromatic carbocycles. The van der Waals surface area contributed by atoms with Crippen LogP contribution in [0.5, 0.6) is 0 Å². The largest absolute Gasteiger partial charge is 0.316 e. The third-order valence-electron chi connectivity index (χ3n) is 4.80. The quantitative estimate of drug-likeness (QED) is 0.803. The molecular formula is C19H30FN. The third-order valence-corrected chi connectivity index (χ3v) is 4.80. The molecule has 0 spiro atoms. The molecule has 3 unspecified atom stereocenters. The lowest BCUT2D eigenvalue weighted by Gasteiger charge is -2.35. The van der Waals surface area contributed by atoms with Gasteiger partial charge >= 0.3 is 0 Å². The highest BCUT2D eigenvalue weighted by Crippen LogP contribution is 2.35. The van der Waals surface area contributed by atoms with Gasteiger partial charge in [-0.05, 0) is 67.7 Å². The number of nitrogens with one attached hydrogen (secondary N) is 1. The van der Waals surface area contributed by atoms with E-state index in [0.717, 1.165) is 31.0 Å². The molecule has 3 atom stereocenters. The molecular weight excluding hydrogens is 261 g/mol. The first kappa shape index (κ1) is 16.5. The van der Waals surface area contributed by atoms with Crippen LogP contribution in [0.3, 0.4) is 0 Å². The molecule has 0 aromatic heterocycles. The highest BCUT2D eigenvalue weighted by atomic mass is 19.1. The summed E-state index contributed by atoms with van der Waals surface area (Å²) in [4.78, 5) is 0. The fourth-order valence-corrected chi connectivity index (χ4v) is 3.58. The van der Waals surface area contributed by atoms with E-state index in [1.807, 2.05) is 12.1 Å². The molecule has 0 amide bonds. The first-order valence-electron chi connectivity index (χ1n) is 8.50. The molecule has 0 heterocycles. The zero-order valence-corrected chi connectivity index (χ0v) is 13.7. The summed E-state index contributed by atoms with van der Waals surface area (Å²) >= 11 is 0. The first-order chi connectivity index (χ1) is 10.1. The van der Waals surface area contributed by atoms with Crippen molar-refractivity contribution in [2.75, 3.05) is 13.1 Å². The molecule has 1 N–H and O–H groups in total. The molecule has 118 valence electrons. The first-order valence-corrected chi connectivity index (χ1v) is 8.50. The SMILES string of the molecule is CC(C)CNCC1CCC(C)CC1Cc1ccccc1F. The molecule has 21 heavy (non-hydrogen) atoms. The van der Waals surface area contributed by atoms with Crippen LogP contribution in [0, 0.1) is 29.5 Å². The van der Waals surface area contributed by atoms with E-state index in [0.29, 0.717) is 17.8 Å². The van der Waals surface area contributed by atoms with Crippen LogP contribution in [-0.2, 0) is 6.42 Å². The Hall–Kier alpha value is -0.890. The van der Waals surface area contributed by atoms with Gasteiger partial charge in [0.15, 0.2) is 0 Å². The van der Waals surface area contributed by atoms with Gasteiger partial charge in [-0.1, -0.05) is 45.4 Å². The fraction of sp³-hybridized carbons (Fsp3) is 0.684. The lowest BCUT2D eigenvalue weighted by Crippen LogP contribution is -2.35. The van der Waals surface area contributed by atoms with Gasteiger partial charge in [-0.15, -0.1) is 0 Å². The summed E-state index contributed by atoms with van der Waals surface area (Å²) < 4.78 is 13.9. The van der Waals surface area contributed by atoms with Gasteiger partial charge in [0.1, 0.15) is 5.82 Å². The summed E-state index contributed by atoms with van der Waals surface area (Å²) in [6.45, 7) is 8.99. The average Bonchev–Trinajstić information content (AvgIpc) is 2.43. The van der Waals surface area contributed by atoms with E-state index in [-0.39, 0.29) is 5.82 Å². The van der Waals surface area contributed by atoms with Crippen LogP contribution in [0.25, 0.3) is 0 Å². The molecule has 0 aliphatic heterocycles. The summed E-state index contributed by atoms with van der Waals surface area (Å²) in [5.41, 5.74) is 0.894. The van der Waals surface area contributed by atoms with Crippen LogP contribution >= 0.6 is 0 Å². The Morgan fingerprint density at radius 2 is 1.95 bits per heavy atom. The van der Waals surface area contributed by atoms with Crippen molar-refractivity contribution in [3.63, 3.8) is 0 Å². The van der Waals surface area contributed by atoms with E-state index in [9.17, 15) is 4.39 Å². The normalized spacial score (nSPS) is 26.2. The number of hydrogen-bond donors (Lipinski definition) is 1. The Morgan fingerprint density at radius 1 is 1.19 bits per heavy atom. The van der Waals surface area contributed by atoms with Gasteiger partial charge in [0.25, 0.3) is 0 Å². The minimum atomic E-state index is -0.0374. The molecule has 2 rings (SSSR count). The van der Waals surface area contributed by atoms with Crippen LogP contribution in [0.4, 0.5) is 4.39 Å². The minimum Gasteiger partial charge on any atom is -0.316 e. The molecule has 0 saturated heterocycles. The molecule has 1 fully saturated rings. The molecule has 1 aromatic rings. The van der Waals surface area contributed by atoms with Crippen molar-refractivity contribution in [2.45, 2.75) is 46.5 Å². The van der Waals surface area contributed by atoms with E-state index < -0.39 is 0 Å². The second kappa shape index (κ2) is 7.93. The molecule has 1 aliphatic rings. The number of halogens is 1. The Kier molecular flexibility index (Phi) is 6.22. The third kappa shape index (κ3) is 5.10. The number of rotatable bonds is 6. The van der Waals surface area contributed by atoms with Crippen molar-refractivity contribution in [1.29, 1.82) is 0 Å². The Balaban J connectivity index is 1.96. The van der Waals surface area contributed by atoms with Crippen LogP contribution in [0.15, 0.2) is 24.3 Å². The Morgan fingerprint density at radius 3 is 2.67 bits per heavy atom. The minimum absolute atomic E-state index is 0.0374. The molecule has 1 nitrogen and oxygen atoms in total. The predicted octanol–water partition coefficient (Wildman–Crippen LogP) is 4.67. The summed E-state index contributed by atoms with van der Waals surface area (Å²) in [5, 5.41) is 3.61. The van der Waals surface area contributed by atoms with Gasteiger partial charge in [0.2, 0.25) is 0 Å². The van der Waals surface area contributed by atoms with E-state index >= 15 is 0 Å². The van der Waals surface area contributed by atoms with Gasteiger partial charge in [-0.25, -0.2) is 4.39 Å². The maximum absolute atomic E-state index is 13.9. The van der Waals surface area contributed by atoms with E-state index in [4.69, 9.17) is 0 Å². The number of hydrogen-bond acceptors (Lipinski definition) is 1. The van der Waals surface area contributed by atoms with E-state index in [1.54, 1.807) is 12.1 Å². The van der Waals surface area contributed by atoms with Crippen LogP contribution in [0.2, 0.25) is 0 Å². The summed E-state index contributed by atoms with van der Waals surface area (Å²) in [6.07, 6.45) is 4.74. The lowest BCUT2D eigenvalue weighted by molar-refractivity contribution is 0.181. The van der Waals surface area contributed by atoms with Gasteiger partial charge in [-0.2, -0.15) is 0 Å². The van der Waals surface area contributed by atoms with Gasteiger partial charge in [-0.3, -0.25) is 0 Å². The van der Waals surface area contributed by atoms with Crippen molar-refractivity contribution in [3.05, 3.63) is 35.6 Å². The van der Waals surface area contributed by atoms with Crippen LogP contribution < -0.4 is 5.32 Å². The second-order valence-electron chi connectivity index (χ2n) is 7.29. The number of benzene rings is 1. The monoisotopic (exact) mass is 291 g/mol. The highest BCUT2D eigenvalue weighted by Gasteiger charge is 2.29. The molecule has 2 heteroatoms. The summed E-state index contributed by atoms with van der Waals surface area (Å²) in [7, 11) is 0. The standard InChI is InChI=1S/C19H30FN/c1-14(2)12-21-13-17-9-8-15(3)10-18(17)11-16-6-4-5-7-19(16)20/h4-7,14-15,17-18,21H,8-13H2,1-3H3. The molecule has 1 aliphatic carbocycles. The smallest absolute Gasteiger partial charge is 0.126 e. The molecule has 1 saturated carbocycles. The van der Waals surface area contributed by atoms with E-state index in [2.05, 4.69) is 26.1 Å². The summed E-state index contributed by atoms with van der Waals surface area (Å²) in [6, 6.07) is 7.28. The topological polar surface area (TPSA) is 12.0 Å². The lowest BCUT2D eigenvalue weighted by atomic mass is 9.72. The van der Waals surface area contributed by atoms with Gasteiger partial charge < -0.3 is 5.32 Å². The van der Waals surface area contributed by atoms with Crippen molar-refractivity contribution in [3.8, 4) is 0 Å². The maximum atomic E-state index is 13.9. The van der Waals surface area contributed by atoms with Crippen molar-refractivity contribution in [1.82, 2.24) is 5.32 Å². The Labute approximate surface area is 129 Å². The highest BCUT2D eigenvalue weighted by molar-refractivity contribution is 5.18. The zero-order valence-electron chi connectivity index (χ0n) is 13.7. The predicted molar refractivity (Wildman–Crippen MR) is 87.8 cm³/mol. The van der Waals surface area contributed by atoms with E-state index in [1.165, 1.54) is 19.3 Å². The van der Waals surface area contributed by atoms with Gasteiger partial charge in [0, 0.05) is 0 Å². The van der Waals surface area contributed by atoms with Crippen molar-refractivity contribution >= 4 is 0 Å². The second-order valence-corrected chi connectivity index (χ2v) is 7.29. The van der Waals surface area contributed by atoms with Crippen LogP contribution in [-0.4, -0.2) is 13.1 Å². The van der Waals surface area contributed by atoms with Gasteiger partial charge in [0.05, 0.1) is 0 Å². The fourth-order valence-electron chi connectivity index (χ4n) is 3.58. The van der Waals surface area contributed by atoms with Crippen molar-refractivity contribution < 1.29 is 4.39 Å². The Bertz CT molecular complexity index is 429. The average molecular weight is 291 g/mol.